The average Bonchev–Trinajstić information content (AvgIpc) is 3.16. The zero-order valence-electron chi connectivity index (χ0n) is 19.0. The molecule has 4 aromatic rings. The van der Waals surface area contributed by atoms with Crippen molar-refractivity contribution in [2.24, 2.45) is 0 Å². The number of aromatic nitrogens is 2. The van der Waals surface area contributed by atoms with Gasteiger partial charge in [-0.15, -0.1) is 0 Å². The summed E-state index contributed by atoms with van der Waals surface area (Å²) in [6.07, 6.45) is 0.935. The second-order valence-electron chi connectivity index (χ2n) is 8.81. The second kappa shape index (κ2) is 10.4. The van der Waals surface area contributed by atoms with Crippen molar-refractivity contribution in [3.05, 3.63) is 104 Å². The van der Waals surface area contributed by atoms with E-state index in [4.69, 9.17) is 23.2 Å². The van der Waals surface area contributed by atoms with Crippen LogP contribution in [0.4, 0.5) is 0 Å². The Labute approximate surface area is 209 Å². The Kier molecular flexibility index (Phi) is 7.07. The highest BCUT2D eigenvalue weighted by Gasteiger charge is 2.27. The number of nitrogens with one attached hydrogen (secondary N) is 1. The van der Waals surface area contributed by atoms with Crippen molar-refractivity contribution < 1.29 is 0 Å². The fourth-order valence-electron chi connectivity index (χ4n) is 4.99. The van der Waals surface area contributed by atoms with E-state index in [1.165, 1.54) is 0 Å². The number of aromatic amines is 1. The molecule has 0 aliphatic carbocycles. The van der Waals surface area contributed by atoms with Crippen LogP contribution in [0, 0.1) is 0 Å². The van der Waals surface area contributed by atoms with Crippen molar-refractivity contribution in [1.82, 2.24) is 19.4 Å². The number of H-pyrrole nitrogens is 1. The van der Waals surface area contributed by atoms with Gasteiger partial charge >= 0.3 is 5.69 Å². The largest absolute Gasteiger partial charge is 0.326 e. The molecule has 1 aliphatic rings. The highest BCUT2D eigenvalue weighted by molar-refractivity contribution is 6.31. The Balaban J connectivity index is 1.24. The lowest BCUT2D eigenvalue weighted by atomic mass is 9.96. The molecule has 1 unspecified atom stereocenters. The Morgan fingerprint density at radius 1 is 0.853 bits per heavy atom. The first-order valence-electron chi connectivity index (χ1n) is 11.7. The third-order valence-corrected chi connectivity index (χ3v) is 7.25. The molecule has 5 rings (SSSR count). The van der Waals surface area contributed by atoms with Crippen molar-refractivity contribution in [1.29, 1.82) is 0 Å². The summed E-state index contributed by atoms with van der Waals surface area (Å²) in [5.41, 5.74) is 4.11. The Hall–Kier alpha value is -2.57. The quantitative estimate of drug-likeness (QED) is 0.372. The molecule has 0 amide bonds. The lowest BCUT2D eigenvalue weighted by Crippen LogP contribution is -2.48. The van der Waals surface area contributed by atoms with E-state index < -0.39 is 0 Å². The molecule has 7 heteroatoms. The molecule has 1 aliphatic heterocycles. The normalized spacial score (nSPS) is 16.2. The number of fused-ring (bicyclic) bond motifs is 1. The average molecular weight is 495 g/mol. The van der Waals surface area contributed by atoms with Gasteiger partial charge in [0.25, 0.3) is 0 Å². The highest BCUT2D eigenvalue weighted by Crippen LogP contribution is 2.34. The second-order valence-corrected chi connectivity index (χ2v) is 9.65. The van der Waals surface area contributed by atoms with Crippen LogP contribution in [0.15, 0.2) is 77.6 Å². The lowest BCUT2D eigenvalue weighted by molar-refractivity contribution is 0.108. The molecule has 1 atom stereocenters. The lowest BCUT2D eigenvalue weighted by Gasteiger charge is -2.40. The Bertz CT molecular complexity index is 1320. The summed E-state index contributed by atoms with van der Waals surface area (Å²) >= 11 is 13.0. The SMILES string of the molecule is O=c1[nH]c2ccccc2n1CCCN1CCN(C(c2cccc(Cl)c2)c2ccccc2Cl)CC1. The van der Waals surface area contributed by atoms with E-state index in [9.17, 15) is 4.79 Å². The number of rotatable bonds is 7. The minimum absolute atomic E-state index is 0.0323. The molecule has 34 heavy (non-hydrogen) atoms. The predicted octanol–water partition coefficient (Wildman–Crippen LogP) is 5.43. The zero-order chi connectivity index (χ0) is 23.5. The van der Waals surface area contributed by atoms with Gasteiger partial charge in [0.15, 0.2) is 0 Å². The van der Waals surface area contributed by atoms with E-state index in [2.05, 4.69) is 26.9 Å². The number of benzene rings is 3. The molecule has 1 N–H and O–H groups in total. The number of hydrogen-bond donors (Lipinski definition) is 1. The van der Waals surface area contributed by atoms with Crippen molar-refractivity contribution in [2.75, 3.05) is 32.7 Å². The van der Waals surface area contributed by atoms with E-state index in [-0.39, 0.29) is 11.7 Å². The third kappa shape index (κ3) is 4.93. The van der Waals surface area contributed by atoms with Gasteiger partial charge in [-0.05, 0) is 54.4 Å². The van der Waals surface area contributed by atoms with E-state index in [0.717, 1.165) is 71.4 Å². The maximum atomic E-state index is 12.3. The van der Waals surface area contributed by atoms with Gasteiger partial charge in [-0.3, -0.25) is 9.47 Å². The summed E-state index contributed by atoms with van der Waals surface area (Å²) < 4.78 is 1.85. The molecule has 176 valence electrons. The number of aryl methyl sites for hydroxylation is 1. The molecule has 3 aromatic carbocycles. The highest BCUT2D eigenvalue weighted by atomic mass is 35.5. The molecular formula is C27H28Cl2N4O. The minimum atomic E-state index is -0.0323. The molecule has 0 bridgehead atoms. The summed E-state index contributed by atoms with van der Waals surface area (Å²) in [5.74, 6) is 0. The molecule has 0 radical (unpaired) electrons. The van der Waals surface area contributed by atoms with Crippen molar-refractivity contribution in [3.8, 4) is 0 Å². The minimum Gasteiger partial charge on any atom is -0.306 e. The maximum Gasteiger partial charge on any atom is 0.326 e. The fourth-order valence-corrected chi connectivity index (χ4v) is 5.42. The molecule has 1 fully saturated rings. The van der Waals surface area contributed by atoms with Gasteiger partial charge in [0.1, 0.15) is 0 Å². The maximum absolute atomic E-state index is 12.3. The topological polar surface area (TPSA) is 44.3 Å². The van der Waals surface area contributed by atoms with Crippen LogP contribution in [0.2, 0.25) is 10.0 Å². The summed E-state index contributed by atoms with van der Waals surface area (Å²) in [6, 6.07) is 24.1. The Morgan fingerprint density at radius 3 is 2.41 bits per heavy atom. The van der Waals surface area contributed by atoms with Crippen LogP contribution in [-0.4, -0.2) is 52.1 Å². The number of nitrogens with zero attached hydrogens (tertiary/aromatic N) is 3. The first-order valence-corrected chi connectivity index (χ1v) is 12.5. The van der Waals surface area contributed by atoms with Crippen LogP contribution in [0.5, 0.6) is 0 Å². The molecule has 2 heterocycles. The van der Waals surface area contributed by atoms with Crippen LogP contribution in [0.1, 0.15) is 23.6 Å². The van der Waals surface area contributed by atoms with E-state index in [1.54, 1.807) is 0 Å². The number of halogens is 2. The number of para-hydroxylation sites is 2. The van der Waals surface area contributed by atoms with Gasteiger partial charge in [-0.2, -0.15) is 0 Å². The molecular weight excluding hydrogens is 467 g/mol. The summed E-state index contributed by atoms with van der Waals surface area (Å²) in [5, 5.41) is 1.51. The van der Waals surface area contributed by atoms with E-state index in [1.807, 2.05) is 65.2 Å². The summed E-state index contributed by atoms with van der Waals surface area (Å²) in [6.45, 7) is 5.51. The number of hydrogen-bond acceptors (Lipinski definition) is 3. The molecule has 1 saturated heterocycles. The van der Waals surface area contributed by atoms with Gasteiger partial charge < -0.3 is 9.88 Å². The smallest absolute Gasteiger partial charge is 0.306 e. The summed E-state index contributed by atoms with van der Waals surface area (Å²) in [7, 11) is 0. The van der Waals surface area contributed by atoms with Crippen molar-refractivity contribution >= 4 is 34.2 Å². The van der Waals surface area contributed by atoms with Gasteiger partial charge in [-0.25, -0.2) is 4.79 Å². The van der Waals surface area contributed by atoms with E-state index >= 15 is 0 Å². The fraction of sp³-hybridized carbons (Fsp3) is 0.296. The third-order valence-electron chi connectivity index (χ3n) is 6.67. The molecule has 1 aromatic heterocycles. The first-order chi connectivity index (χ1) is 16.6. The standard InChI is InChI=1S/C27H28Cl2N4O/c28-21-8-5-7-20(19-21)26(22-9-1-2-10-23(22)29)32-17-15-31(16-18-32)13-6-14-33-25-12-4-3-11-24(25)30-27(33)34/h1-5,7-12,19,26H,6,13-18H2,(H,30,34). The van der Waals surface area contributed by atoms with E-state index in [0.29, 0.717) is 6.54 Å². The van der Waals surface area contributed by atoms with Crippen LogP contribution < -0.4 is 5.69 Å². The Morgan fingerprint density at radius 2 is 1.62 bits per heavy atom. The van der Waals surface area contributed by atoms with Crippen LogP contribution in [0.3, 0.4) is 0 Å². The number of piperazine rings is 1. The predicted molar refractivity (Wildman–Crippen MR) is 140 cm³/mol. The van der Waals surface area contributed by atoms with Crippen molar-refractivity contribution in [2.45, 2.75) is 19.0 Å². The van der Waals surface area contributed by atoms with Gasteiger partial charge in [-0.1, -0.05) is 65.7 Å². The van der Waals surface area contributed by atoms with Crippen LogP contribution >= 0.6 is 23.2 Å². The monoisotopic (exact) mass is 494 g/mol. The zero-order valence-corrected chi connectivity index (χ0v) is 20.5. The van der Waals surface area contributed by atoms with Crippen LogP contribution in [0.25, 0.3) is 11.0 Å². The summed E-state index contributed by atoms with van der Waals surface area (Å²) in [4.78, 5) is 20.2. The molecule has 5 nitrogen and oxygen atoms in total. The number of imidazole rings is 1. The van der Waals surface area contributed by atoms with Gasteiger partial charge in [0.05, 0.1) is 17.1 Å². The van der Waals surface area contributed by atoms with Crippen LogP contribution in [-0.2, 0) is 6.54 Å². The van der Waals surface area contributed by atoms with Crippen molar-refractivity contribution in [3.63, 3.8) is 0 Å². The van der Waals surface area contributed by atoms with Gasteiger partial charge in [0, 0.05) is 42.8 Å². The first kappa shape index (κ1) is 23.2. The molecule has 0 spiro atoms. The van der Waals surface area contributed by atoms with Gasteiger partial charge in [0.2, 0.25) is 0 Å². The molecule has 0 saturated carbocycles.